The van der Waals surface area contributed by atoms with Crippen LogP contribution in [0.1, 0.15) is 42.7 Å². The van der Waals surface area contributed by atoms with Crippen molar-refractivity contribution in [2.24, 2.45) is 5.92 Å². The molecule has 0 spiro atoms. The predicted molar refractivity (Wildman–Crippen MR) is 74.8 cm³/mol. The summed E-state index contributed by atoms with van der Waals surface area (Å²) in [5.74, 6) is 1.89. The van der Waals surface area contributed by atoms with E-state index in [-0.39, 0.29) is 0 Å². The second-order valence-corrected chi connectivity index (χ2v) is 5.46. The van der Waals surface area contributed by atoms with Crippen molar-refractivity contribution in [1.82, 2.24) is 5.32 Å². The molecule has 1 saturated carbocycles. The number of nitrogens with one attached hydrogen (secondary N) is 1. The van der Waals surface area contributed by atoms with E-state index in [0.717, 1.165) is 23.8 Å². The van der Waals surface area contributed by atoms with Crippen LogP contribution in [0.15, 0.2) is 22.6 Å². The summed E-state index contributed by atoms with van der Waals surface area (Å²) in [6.45, 7) is 7.43. The predicted octanol–water partition coefficient (Wildman–Crippen LogP) is 4.11. The molecule has 2 nitrogen and oxygen atoms in total. The summed E-state index contributed by atoms with van der Waals surface area (Å²) in [4.78, 5) is 0. The lowest BCUT2D eigenvalue weighted by Crippen LogP contribution is -2.21. The summed E-state index contributed by atoms with van der Waals surface area (Å²) >= 11 is 0. The highest BCUT2D eigenvalue weighted by molar-refractivity contribution is 5.84. The number of hydrogen-bond acceptors (Lipinski definition) is 2. The van der Waals surface area contributed by atoms with Gasteiger partial charge in [0.2, 0.25) is 0 Å². The number of fused-ring (bicyclic) bond motifs is 1. The molecule has 1 aliphatic carbocycles. The first-order valence-electron chi connectivity index (χ1n) is 6.93. The van der Waals surface area contributed by atoms with E-state index in [1.165, 1.54) is 29.4 Å². The van der Waals surface area contributed by atoms with E-state index in [0.29, 0.717) is 6.04 Å². The van der Waals surface area contributed by atoms with Gasteiger partial charge in [0.05, 0.1) is 6.04 Å². The molecule has 1 heterocycles. The van der Waals surface area contributed by atoms with E-state index in [9.17, 15) is 0 Å². The Bertz CT molecular complexity index is 527. The highest BCUT2D eigenvalue weighted by Gasteiger charge is 2.34. The van der Waals surface area contributed by atoms with Crippen LogP contribution in [-0.4, -0.2) is 6.54 Å². The molecule has 1 unspecified atom stereocenters. The summed E-state index contributed by atoms with van der Waals surface area (Å²) in [6, 6.07) is 6.96. The van der Waals surface area contributed by atoms with Crippen LogP contribution in [0.3, 0.4) is 0 Å². The molecule has 96 valence electrons. The minimum Gasteiger partial charge on any atom is -0.459 e. The molecule has 1 aromatic carbocycles. The topological polar surface area (TPSA) is 25.2 Å². The third-order valence-electron chi connectivity index (χ3n) is 3.94. The van der Waals surface area contributed by atoms with E-state index >= 15 is 0 Å². The van der Waals surface area contributed by atoms with E-state index in [1.807, 2.05) is 0 Å². The van der Waals surface area contributed by atoms with Gasteiger partial charge in [-0.15, -0.1) is 0 Å². The van der Waals surface area contributed by atoms with E-state index in [4.69, 9.17) is 4.42 Å². The van der Waals surface area contributed by atoms with Gasteiger partial charge in [0.25, 0.3) is 0 Å². The first kappa shape index (κ1) is 11.8. The van der Waals surface area contributed by atoms with Crippen molar-refractivity contribution >= 4 is 11.0 Å². The fourth-order valence-electron chi connectivity index (χ4n) is 2.71. The number of furan rings is 1. The minimum absolute atomic E-state index is 0.404. The molecular formula is C16H21NO. The van der Waals surface area contributed by atoms with Crippen LogP contribution in [0.5, 0.6) is 0 Å². The molecular weight excluding hydrogens is 222 g/mol. The average molecular weight is 243 g/mol. The van der Waals surface area contributed by atoms with Gasteiger partial charge in [0, 0.05) is 5.39 Å². The van der Waals surface area contributed by atoms with Crippen molar-refractivity contribution < 1.29 is 4.42 Å². The zero-order valence-corrected chi connectivity index (χ0v) is 11.4. The van der Waals surface area contributed by atoms with Gasteiger partial charge >= 0.3 is 0 Å². The molecule has 0 bridgehead atoms. The number of rotatable bonds is 4. The highest BCUT2D eigenvalue weighted by atomic mass is 16.3. The lowest BCUT2D eigenvalue weighted by Gasteiger charge is -2.13. The normalized spacial score (nSPS) is 17.3. The first-order chi connectivity index (χ1) is 8.70. The zero-order chi connectivity index (χ0) is 12.7. The van der Waals surface area contributed by atoms with Crippen LogP contribution in [-0.2, 0) is 0 Å². The van der Waals surface area contributed by atoms with Gasteiger partial charge in [-0.3, -0.25) is 0 Å². The van der Waals surface area contributed by atoms with Crippen LogP contribution in [0.25, 0.3) is 11.0 Å². The fraction of sp³-hybridized carbons (Fsp3) is 0.500. The van der Waals surface area contributed by atoms with Gasteiger partial charge in [-0.1, -0.05) is 19.1 Å². The molecule has 0 amide bonds. The lowest BCUT2D eigenvalue weighted by molar-refractivity contribution is 0.403. The maximum atomic E-state index is 6.13. The molecule has 18 heavy (non-hydrogen) atoms. The third-order valence-corrected chi connectivity index (χ3v) is 3.94. The molecule has 2 aromatic rings. The molecule has 1 aromatic heterocycles. The standard InChI is InChI=1S/C16H21NO/c1-4-17-15(12-7-8-12)14-9-13-10(2)5-6-11(3)16(13)18-14/h5-6,9,12,15,17H,4,7-8H2,1-3H3. The Hall–Kier alpha value is -1.28. The number of aryl methyl sites for hydroxylation is 2. The third kappa shape index (κ3) is 1.95. The zero-order valence-electron chi connectivity index (χ0n) is 11.4. The van der Waals surface area contributed by atoms with Crippen LogP contribution >= 0.6 is 0 Å². The Kier molecular flexibility index (Phi) is 2.90. The molecule has 0 saturated heterocycles. The first-order valence-corrected chi connectivity index (χ1v) is 6.93. The maximum absolute atomic E-state index is 6.13. The second-order valence-electron chi connectivity index (χ2n) is 5.46. The summed E-state index contributed by atoms with van der Waals surface area (Å²) in [5.41, 5.74) is 3.60. The SMILES string of the molecule is CCNC(c1cc2c(C)ccc(C)c2o1)C1CC1. The molecule has 1 fully saturated rings. The van der Waals surface area contributed by atoms with E-state index in [2.05, 4.69) is 44.3 Å². The highest BCUT2D eigenvalue weighted by Crippen LogP contribution is 2.42. The summed E-state index contributed by atoms with van der Waals surface area (Å²) in [6.07, 6.45) is 2.65. The molecule has 0 radical (unpaired) electrons. The van der Waals surface area contributed by atoms with Gasteiger partial charge < -0.3 is 9.73 Å². The fourth-order valence-corrected chi connectivity index (χ4v) is 2.71. The maximum Gasteiger partial charge on any atom is 0.137 e. The van der Waals surface area contributed by atoms with Gasteiger partial charge in [-0.05, 0) is 56.3 Å². The van der Waals surface area contributed by atoms with Crippen molar-refractivity contribution in [3.8, 4) is 0 Å². The molecule has 2 heteroatoms. The smallest absolute Gasteiger partial charge is 0.137 e. The quantitative estimate of drug-likeness (QED) is 0.874. The Morgan fingerprint density at radius 2 is 2.00 bits per heavy atom. The van der Waals surface area contributed by atoms with E-state index in [1.54, 1.807) is 0 Å². The van der Waals surface area contributed by atoms with E-state index < -0.39 is 0 Å². The van der Waals surface area contributed by atoms with Gasteiger partial charge in [0.1, 0.15) is 11.3 Å². The van der Waals surface area contributed by atoms with Crippen molar-refractivity contribution in [1.29, 1.82) is 0 Å². The Balaban J connectivity index is 2.06. The molecule has 1 aliphatic rings. The number of benzene rings is 1. The summed E-state index contributed by atoms with van der Waals surface area (Å²) in [7, 11) is 0. The van der Waals surface area contributed by atoms with Crippen molar-refractivity contribution in [3.63, 3.8) is 0 Å². The largest absolute Gasteiger partial charge is 0.459 e. The van der Waals surface area contributed by atoms with Crippen LogP contribution < -0.4 is 5.32 Å². The number of hydrogen-bond donors (Lipinski definition) is 1. The van der Waals surface area contributed by atoms with Crippen LogP contribution in [0.2, 0.25) is 0 Å². The second kappa shape index (κ2) is 4.43. The van der Waals surface area contributed by atoms with Gasteiger partial charge in [0.15, 0.2) is 0 Å². The van der Waals surface area contributed by atoms with Crippen molar-refractivity contribution in [2.45, 2.75) is 39.7 Å². The Morgan fingerprint density at radius 1 is 1.28 bits per heavy atom. The van der Waals surface area contributed by atoms with Crippen LogP contribution in [0, 0.1) is 19.8 Å². The molecule has 0 aliphatic heterocycles. The average Bonchev–Trinajstić information content (AvgIpc) is 3.09. The Labute approximate surface area is 108 Å². The van der Waals surface area contributed by atoms with Crippen molar-refractivity contribution in [3.05, 3.63) is 35.1 Å². The lowest BCUT2D eigenvalue weighted by atomic mass is 10.1. The Morgan fingerprint density at radius 3 is 2.61 bits per heavy atom. The van der Waals surface area contributed by atoms with Gasteiger partial charge in [-0.25, -0.2) is 0 Å². The monoisotopic (exact) mass is 243 g/mol. The molecule has 1 atom stereocenters. The van der Waals surface area contributed by atoms with Gasteiger partial charge in [-0.2, -0.15) is 0 Å². The van der Waals surface area contributed by atoms with Crippen LogP contribution in [0.4, 0.5) is 0 Å². The minimum atomic E-state index is 0.404. The van der Waals surface area contributed by atoms with Crippen molar-refractivity contribution in [2.75, 3.05) is 6.54 Å². The summed E-state index contributed by atoms with van der Waals surface area (Å²) in [5, 5.41) is 4.84. The summed E-state index contributed by atoms with van der Waals surface area (Å²) < 4.78 is 6.13. The molecule has 1 N–H and O–H groups in total. The molecule has 3 rings (SSSR count).